The van der Waals surface area contributed by atoms with Crippen LogP contribution in [0.3, 0.4) is 0 Å². The molecule has 4 aliphatic rings. The van der Waals surface area contributed by atoms with E-state index in [0.29, 0.717) is 51.0 Å². The van der Waals surface area contributed by atoms with Gasteiger partial charge in [-0.05, 0) is 24.0 Å². The first-order chi connectivity index (χ1) is 19.5. The number of dihydropyridines is 1. The van der Waals surface area contributed by atoms with Crippen LogP contribution < -0.4 is 16.0 Å². The molecule has 1 atom stereocenters. The van der Waals surface area contributed by atoms with E-state index < -0.39 is 17.7 Å². The number of rotatable bonds is 6. The molecule has 0 saturated carbocycles. The van der Waals surface area contributed by atoms with E-state index in [1.807, 2.05) is 0 Å². The summed E-state index contributed by atoms with van der Waals surface area (Å²) in [6.45, 7) is 6.70. The summed E-state index contributed by atoms with van der Waals surface area (Å²) in [5, 5.41) is 13.4. The van der Waals surface area contributed by atoms with Gasteiger partial charge in [0.05, 0.1) is 29.7 Å². The van der Waals surface area contributed by atoms with Crippen molar-refractivity contribution in [3.63, 3.8) is 0 Å². The maximum absolute atomic E-state index is 16.3. The van der Waals surface area contributed by atoms with Gasteiger partial charge < -0.3 is 20.7 Å². The number of thioether (sulfide) groups is 1. The van der Waals surface area contributed by atoms with Gasteiger partial charge in [-0.3, -0.25) is 0 Å². The summed E-state index contributed by atoms with van der Waals surface area (Å²) in [5.41, 5.74) is 9.06. The first-order valence-electron chi connectivity index (χ1n) is 14.2. The molecule has 0 aliphatic carbocycles. The van der Waals surface area contributed by atoms with Crippen molar-refractivity contribution < 1.29 is 13.5 Å². The minimum absolute atomic E-state index is 0.192. The predicted molar refractivity (Wildman–Crippen MR) is 155 cm³/mol. The molecule has 0 radical (unpaired) electrons. The fourth-order valence-corrected chi connectivity index (χ4v) is 6.72. The van der Waals surface area contributed by atoms with Crippen molar-refractivity contribution in [2.75, 3.05) is 23.7 Å². The van der Waals surface area contributed by atoms with E-state index in [1.165, 1.54) is 50.1 Å². The van der Waals surface area contributed by atoms with Crippen molar-refractivity contribution in [3.8, 4) is 6.07 Å². The zero-order valence-electron chi connectivity index (χ0n) is 23.2. The lowest BCUT2D eigenvalue weighted by molar-refractivity contribution is 0.134. The number of ether oxygens (including phenoxy) is 1. The van der Waals surface area contributed by atoms with E-state index in [0.717, 1.165) is 31.5 Å². The Morgan fingerprint density at radius 3 is 2.58 bits per heavy atom. The molecule has 7 nitrogen and oxygen atoms in total. The van der Waals surface area contributed by atoms with Gasteiger partial charge in [0.1, 0.15) is 11.6 Å². The number of hydrogen-bond donors (Lipinski definition) is 2. The highest BCUT2D eigenvalue weighted by atomic mass is 32.2. The minimum Gasteiger partial charge on any atom is -0.400 e. The molecule has 1 aromatic heterocycles. The second-order valence-corrected chi connectivity index (χ2v) is 11.5. The maximum Gasteiger partial charge on any atom is 0.225 e. The Labute approximate surface area is 238 Å². The molecule has 212 valence electrons. The number of fused-ring (bicyclic) bond motifs is 3. The third-order valence-corrected chi connectivity index (χ3v) is 8.97. The number of unbranched alkanes of at least 4 members (excludes halogenated alkanes) is 4. The highest BCUT2D eigenvalue weighted by Crippen LogP contribution is 2.48. The lowest BCUT2D eigenvalue weighted by Gasteiger charge is -2.32. The molecule has 1 unspecified atom stereocenters. The number of nitrogens with two attached hydrogens (primary N) is 1. The number of nitrogens with zero attached hydrogens (tertiary/aromatic N) is 4. The van der Waals surface area contributed by atoms with Crippen molar-refractivity contribution in [2.24, 2.45) is 5.73 Å². The number of allylic oxidation sites excluding steroid dienone is 1. The van der Waals surface area contributed by atoms with Crippen LogP contribution in [0.25, 0.3) is 10.9 Å². The van der Waals surface area contributed by atoms with Crippen LogP contribution in [0.4, 0.5) is 14.7 Å². The van der Waals surface area contributed by atoms with E-state index in [9.17, 15) is 9.65 Å². The molecule has 1 fully saturated rings. The van der Waals surface area contributed by atoms with Crippen LogP contribution in [0.5, 0.6) is 0 Å². The number of nitriles is 1. The molecule has 2 aromatic rings. The summed E-state index contributed by atoms with van der Waals surface area (Å²) in [6, 6.07) is 1.32. The highest BCUT2D eigenvalue weighted by molar-refractivity contribution is 8.03. The number of hydrogen-bond acceptors (Lipinski definition) is 8. The van der Waals surface area contributed by atoms with Gasteiger partial charge in [-0.2, -0.15) is 5.26 Å². The highest BCUT2D eigenvalue weighted by Gasteiger charge is 2.38. The molecular weight excluding hydrogens is 530 g/mol. The number of nitrogens with one attached hydrogen (secondary N) is 1. The molecule has 6 rings (SSSR count). The van der Waals surface area contributed by atoms with Crippen molar-refractivity contribution in [3.05, 3.63) is 62.5 Å². The lowest BCUT2D eigenvalue weighted by Crippen LogP contribution is -2.29. The second-order valence-electron chi connectivity index (χ2n) is 10.5. The zero-order valence-corrected chi connectivity index (χ0v) is 24.0. The van der Waals surface area contributed by atoms with Crippen LogP contribution >= 0.6 is 11.8 Å². The summed E-state index contributed by atoms with van der Waals surface area (Å²) in [5.74, 6) is -0.187. The SMILES string of the molecule is CCCCCCC.N#CC1=C(N)CSC2=C1C(c1c3c(c4cnc(N5CCCC5)nc4c1F)COC3)NC=C2F. The van der Waals surface area contributed by atoms with Crippen LogP contribution in [-0.4, -0.2) is 28.8 Å². The van der Waals surface area contributed by atoms with Gasteiger partial charge in [-0.1, -0.05) is 46.0 Å². The lowest BCUT2D eigenvalue weighted by atomic mass is 9.85. The van der Waals surface area contributed by atoms with Gasteiger partial charge in [0.15, 0.2) is 11.6 Å². The Balaban J connectivity index is 0.000000411. The van der Waals surface area contributed by atoms with Gasteiger partial charge in [0, 0.05) is 53.5 Å². The fourth-order valence-electron chi connectivity index (χ4n) is 5.70. The van der Waals surface area contributed by atoms with Crippen molar-refractivity contribution >= 4 is 28.6 Å². The summed E-state index contributed by atoms with van der Waals surface area (Å²) >= 11 is 1.22. The molecule has 0 bridgehead atoms. The second kappa shape index (κ2) is 12.6. The minimum atomic E-state index is -0.787. The Bertz CT molecular complexity index is 1420. The van der Waals surface area contributed by atoms with Gasteiger partial charge in [-0.15, -0.1) is 11.8 Å². The fraction of sp³-hybridized carbons (Fsp3) is 0.500. The summed E-state index contributed by atoms with van der Waals surface area (Å²) in [7, 11) is 0. The van der Waals surface area contributed by atoms with Crippen molar-refractivity contribution in [2.45, 2.75) is 78.0 Å². The van der Waals surface area contributed by atoms with Crippen molar-refractivity contribution in [1.29, 1.82) is 5.26 Å². The molecule has 40 heavy (non-hydrogen) atoms. The first-order valence-corrected chi connectivity index (χ1v) is 15.2. The van der Waals surface area contributed by atoms with E-state index in [1.54, 1.807) is 6.20 Å². The molecular formula is C30H36F2N6OS. The smallest absolute Gasteiger partial charge is 0.225 e. The number of halogens is 2. The average Bonchev–Trinajstić information content (AvgIpc) is 3.68. The largest absolute Gasteiger partial charge is 0.400 e. The standard InChI is InChI=1S/C23H20F2N6OS.C7H16/c24-15-7-28-21(18-11(5-26)16(27)10-33-22(15)18)17-14-9-32-8-13(14)12-6-29-23(30-20(12)19(17)25)31-3-1-2-4-31;1-3-5-7-6-4-2/h6-7,21,28H,1-4,8-10,27H2;3-7H2,1-2H3. The summed E-state index contributed by atoms with van der Waals surface area (Å²) in [4.78, 5) is 11.5. The van der Waals surface area contributed by atoms with Gasteiger partial charge in [0.2, 0.25) is 5.95 Å². The monoisotopic (exact) mass is 566 g/mol. The number of aromatic nitrogens is 2. The molecule has 3 N–H and O–H groups in total. The van der Waals surface area contributed by atoms with E-state index in [-0.39, 0.29) is 17.7 Å². The molecule has 1 saturated heterocycles. The third-order valence-electron chi connectivity index (χ3n) is 7.81. The Hall–Kier alpha value is -3.16. The molecule has 4 aliphatic heterocycles. The third kappa shape index (κ3) is 5.29. The van der Waals surface area contributed by atoms with E-state index in [4.69, 9.17) is 10.5 Å². The van der Waals surface area contributed by atoms with Crippen LogP contribution in [0.1, 0.15) is 81.5 Å². The molecule has 5 heterocycles. The van der Waals surface area contributed by atoms with Crippen LogP contribution in [-0.2, 0) is 18.0 Å². The molecule has 0 spiro atoms. The van der Waals surface area contributed by atoms with Gasteiger partial charge in [-0.25, -0.2) is 18.7 Å². The predicted octanol–water partition coefficient (Wildman–Crippen LogP) is 6.57. The molecule has 0 amide bonds. The molecule has 1 aromatic carbocycles. The quantitative estimate of drug-likeness (QED) is 0.379. The zero-order chi connectivity index (χ0) is 28.2. The van der Waals surface area contributed by atoms with E-state index >= 15 is 4.39 Å². The molecule has 10 heteroatoms. The summed E-state index contributed by atoms with van der Waals surface area (Å²) in [6.07, 6.45) is 12.0. The van der Waals surface area contributed by atoms with Crippen LogP contribution in [0.15, 0.2) is 40.0 Å². The Morgan fingerprint density at radius 1 is 1.15 bits per heavy atom. The van der Waals surface area contributed by atoms with Gasteiger partial charge >= 0.3 is 0 Å². The number of anilines is 1. The maximum atomic E-state index is 16.3. The summed E-state index contributed by atoms with van der Waals surface area (Å²) < 4.78 is 36.7. The van der Waals surface area contributed by atoms with Gasteiger partial charge in [0.25, 0.3) is 0 Å². The topological polar surface area (TPSA) is 100 Å². The average molecular weight is 567 g/mol. The Morgan fingerprint density at radius 2 is 1.88 bits per heavy atom. The van der Waals surface area contributed by atoms with E-state index in [2.05, 4.69) is 40.1 Å². The van der Waals surface area contributed by atoms with Crippen molar-refractivity contribution in [1.82, 2.24) is 15.3 Å². The van der Waals surface area contributed by atoms with Crippen LogP contribution in [0, 0.1) is 17.1 Å². The Kier molecular flexibility index (Phi) is 8.91. The van der Waals surface area contributed by atoms with Crippen LogP contribution in [0.2, 0.25) is 0 Å². The number of benzene rings is 1. The first kappa shape index (κ1) is 28.4. The normalized spacial score (nSPS) is 20.0.